The summed E-state index contributed by atoms with van der Waals surface area (Å²) in [6, 6.07) is 0.480. The third-order valence-corrected chi connectivity index (χ3v) is 6.17. The van der Waals surface area contributed by atoms with Crippen molar-refractivity contribution in [1.82, 2.24) is 10.2 Å². The Morgan fingerprint density at radius 1 is 1.42 bits per heavy atom. The SMILES string of the molecule is CSC1CCC(Nc2nnc(SCC(=O)O)s2)CC1. The zero-order chi connectivity index (χ0) is 13.7. The maximum absolute atomic E-state index is 10.5. The molecular weight excluding hydrogens is 302 g/mol. The molecule has 2 N–H and O–H groups in total. The Bertz CT molecular complexity index is 419. The molecule has 1 fully saturated rings. The van der Waals surface area contributed by atoms with Crippen LogP contribution in [-0.2, 0) is 4.79 Å². The molecule has 1 saturated carbocycles. The fourth-order valence-electron chi connectivity index (χ4n) is 2.07. The number of carbonyl (C=O) groups is 1. The molecule has 2 rings (SSSR count). The van der Waals surface area contributed by atoms with E-state index in [1.807, 2.05) is 11.8 Å². The van der Waals surface area contributed by atoms with Crippen LogP contribution in [0.2, 0.25) is 0 Å². The molecule has 0 spiro atoms. The fourth-order valence-corrected chi connectivity index (χ4v) is 4.36. The number of rotatable bonds is 6. The summed E-state index contributed by atoms with van der Waals surface area (Å²) in [6.07, 6.45) is 7.01. The van der Waals surface area contributed by atoms with Crippen LogP contribution < -0.4 is 5.32 Å². The van der Waals surface area contributed by atoms with E-state index < -0.39 is 5.97 Å². The van der Waals surface area contributed by atoms with Crippen molar-refractivity contribution < 1.29 is 9.90 Å². The van der Waals surface area contributed by atoms with Gasteiger partial charge in [0.25, 0.3) is 0 Å². The summed E-state index contributed by atoms with van der Waals surface area (Å²) in [4.78, 5) is 10.5. The quantitative estimate of drug-likeness (QED) is 0.781. The van der Waals surface area contributed by atoms with Crippen molar-refractivity contribution in [2.45, 2.75) is 41.3 Å². The van der Waals surface area contributed by atoms with E-state index in [0.717, 1.165) is 10.4 Å². The highest BCUT2D eigenvalue weighted by atomic mass is 32.2. The van der Waals surface area contributed by atoms with E-state index in [1.165, 1.54) is 48.8 Å². The van der Waals surface area contributed by atoms with Crippen LogP contribution in [0.4, 0.5) is 5.13 Å². The highest BCUT2D eigenvalue weighted by molar-refractivity contribution is 8.01. The molecule has 1 aromatic heterocycles. The molecule has 1 aliphatic rings. The molecule has 1 aliphatic carbocycles. The maximum atomic E-state index is 10.5. The standard InChI is InChI=1S/C11H17N3O2S3/c1-17-8-4-2-7(3-5-8)12-10-13-14-11(19-10)18-6-9(15)16/h7-8H,2-6H2,1H3,(H,12,13)(H,15,16). The number of thioether (sulfide) groups is 2. The van der Waals surface area contributed by atoms with Gasteiger partial charge in [0.1, 0.15) is 0 Å². The number of nitrogens with one attached hydrogen (secondary N) is 1. The fraction of sp³-hybridized carbons (Fsp3) is 0.727. The molecule has 0 saturated heterocycles. The molecular formula is C11H17N3O2S3. The third kappa shape index (κ3) is 4.85. The first-order chi connectivity index (χ1) is 9.17. The number of aliphatic carboxylic acids is 1. The Hall–Kier alpha value is -0.470. The molecule has 5 nitrogen and oxygen atoms in total. The van der Waals surface area contributed by atoms with E-state index >= 15 is 0 Å². The minimum Gasteiger partial charge on any atom is -0.481 e. The summed E-state index contributed by atoms with van der Waals surface area (Å²) in [7, 11) is 0. The predicted octanol–water partition coefficient (Wildman–Crippen LogP) is 2.80. The van der Waals surface area contributed by atoms with Crippen LogP contribution in [0.1, 0.15) is 25.7 Å². The topological polar surface area (TPSA) is 75.1 Å². The lowest BCUT2D eigenvalue weighted by molar-refractivity contribution is -0.133. The Morgan fingerprint density at radius 2 is 2.16 bits per heavy atom. The van der Waals surface area contributed by atoms with Crippen molar-refractivity contribution in [2.24, 2.45) is 0 Å². The van der Waals surface area contributed by atoms with E-state index in [2.05, 4.69) is 21.8 Å². The van der Waals surface area contributed by atoms with Crippen molar-refractivity contribution in [3.8, 4) is 0 Å². The van der Waals surface area contributed by atoms with Crippen molar-refractivity contribution >= 4 is 46.0 Å². The van der Waals surface area contributed by atoms with Crippen molar-refractivity contribution in [2.75, 3.05) is 17.3 Å². The average molecular weight is 319 g/mol. The van der Waals surface area contributed by atoms with Crippen LogP contribution in [0.15, 0.2) is 4.34 Å². The molecule has 0 radical (unpaired) electrons. The van der Waals surface area contributed by atoms with Crippen LogP contribution in [0.25, 0.3) is 0 Å². The van der Waals surface area contributed by atoms with Crippen LogP contribution in [-0.4, -0.2) is 44.6 Å². The first-order valence-electron chi connectivity index (χ1n) is 6.15. The van der Waals surface area contributed by atoms with Gasteiger partial charge in [-0.15, -0.1) is 10.2 Å². The van der Waals surface area contributed by atoms with Crippen LogP contribution in [0, 0.1) is 0 Å². The first-order valence-corrected chi connectivity index (χ1v) is 9.24. The van der Waals surface area contributed by atoms with Gasteiger partial charge in [-0.1, -0.05) is 23.1 Å². The average Bonchev–Trinajstić information content (AvgIpc) is 2.85. The van der Waals surface area contributed by atoms with Gasteiger partial charge >= 0.3 is 5.97 Å². The first kappa shape index (κ1) is 14.9. The Balaban J connectivity index is 1.78. The minimum atomic E-state index is -0.829. The molecule has 0 aromatic carbocycles. The van der Waals surface area contributed by atoms with Gasteiger partial charge in [0, 0.05) is 11.3 Å². The van der Waals surface area contributed by atoms with Gasteiger partial charge in [-0.25, -0.2) is 0 Å². The van der Waals surface area contributed by atoms with Crippen LogP contribution >= 0.6 is 34.9 Å². The summed E-state index contributed by atoms with van der Waals surface area (Å²) < 4.78 is 0.711. The Morgan fingerprint density at radius 3 is 2.79 bits per heavy atom. The lowest BCUT2D eigenvalue weighted by Gasteiger charge is -2.27. The maximum Gasteiger partial charge on any atom is 0.313 e. The van der Waals surface area contributed by atoms with Crippen LogP contribution in [0.3, 0.4) is 0 Å². The second kappa shape index (κ2) is 7.35. The number of nitrogens with zero attached hydrogens (tertiary/aromatic N) is 2. The van der Waals surface area contributed by atoms with E-state index in [1.54, 1.807) is 0 Å². The van der Waals surface area contributed by atoms with E-state index in [9.17, 15) is 4.79 Å². The Labute approximate surface area is 125 Å². The van der Waals surface area contributed by atoms with Gasteiger partial charge in [-0.2, -0.15) is 11.8 Å². The number of carboxylic acid groups (broad SMARTS) is 1. The summed E-state index contributed by atoms with van der Waals surface area (Å²) >= 11 is 4.61. The number of anilines is 1. The molecule has 0 amide bonds. The minimum absolute atomic E-state index is 0.0352. The monoisotopic (exact) mass is 319 g/mol. The summed E-state index contributed by atoms with van der Waals surface area (Å²) in [5.41, 5.74) is 0. The van der Waals surface area contributed by atoms with E-state index in [0.29, 0.717) is 10.4 Å². The molecule has 0 aliphatic heterocycles. The zero-order valence-electron chi connectivity index (χ0n) is 10.7. The van der Waals surface area contributed by atoms with Crippen molar-refractivity contribution in [1.29, 1.82) is 0 Å². The molecule has 0 bridgehead atoms. The van der Waals surface area contributed by atoms with Gasteiger partial charge in [0.15, 0.2) is 4.34 Å². The van der Waals surface area contributed by atoms with Gasteiger partial charge in [-0.05, 0) is 31.9 Å². The van der Waals surface area contributed by atoms with E-state index in [-0.39, 0.29) is 5.75 Å². The van der Waals surface area contributed by atoms with Gasteiger partial charge in [-0.3, -0.25) is 4.79 Å². The lowest BCUT2D eigenvalue weighted by Crippen LogP contribution is -2.26. The molecule has 0 unspecified atom stereocenters. The smallest absolute Gasteiger partial charge is 0.313 e. The number of hydrogen-bond donors (Lipinski definition) is 2. The molecule has 106 valence electrons. The van der Waals surface area contributed by atoms with Gasteiger partial charge < -0.3 is 10.4 Å². The molecule has 8 heteroatoms. The lowest BCUT2D eigenvalue weighted by atomic mass is 9.95. The second-order valence-corrected chi connectivity index (χ2v) is 7.75. The summed E-state index contributed by atoms with van der Waals surface area (Å²) in [6.45, 7) is 0. The van der Waals surface area contributed by atoms with E-state index in [4.69, 9.17) is 5.11 Å². The number of carboxylic acids is 1. The van der Waals surface area contributed by atoms with Crippen molar-refractivity contribution in [3.05, 3.63) is 0 Å². The number of hydrogen-bond acceptors (Lipinski definition) is 7. The molecule has 0 atom stereocenters. The predicted molar refractivity (Wildman–Crippen MR) is 81.5 cm³/mol. The second-order valence-electron chi connectivity index (χ2n) is 4.41. The normalized spacial score (nSPS) is 23.2. The highest BCUT2D eigenvalue weighted by Crippen LogP contribution is 2.31. The number of aromatic nitrogens is 2. The zero-order valence-corrected chi connectivity index (χ0v) is 13.1. The van der Waals surface area contributed by atoms with Gasteiger partial charge in [0.05, 0.1) is 5.75 Å². The summed E-state index contributed by atoms with van der Waals surface area (Å²) in [5.74, 6) is -0.793. The third-order valence-electron chi connectivity index (χ3n) is 3.06. The Kier molecular flexibility index (Phi) is 5.77. The largest absolute Gasteiger partial charge is 0.481 e. The molecule has 1 heterocycles. The van der Waals surface area contributed by atoms with Crippen molar-refractivity contribution in [3.63, 3.8) is 0 Å². The molecule has 1 aromatic rings. The van der Waals surface area contributed by atoms with Gasteiger partial charge in [0.2, 0.25) is 5.13 Å². The molecule has 19 heavy (non-hydrogen) atoms. The highest BCUT2D eigenvalue weighted by Gasteiger charge is 2.21. The van der Waals surface area contributed by atoms with Crippen LogP contribution in [0.5, 0.6) is 0 Å². The summed E-state index contributed by atoms with van der Waals surface area (Å²) in [5, 5.41) is 21.7.